The summed E-state index contributed by atoms with van der Waals surface area (Å²) in [5.41, 5.74) is 0. The first-order valence-corrected chi connectivity index (χ1v) is 6.82. The van der Waals surface area contributed by atoms with Gasteiger partial charge in [0.05, 0.1) is 5.16 Å². The number of hydrogen-bond donors (Lipinski definition) is 0. The molecule has 0 bridgehead atoms. The van der Waals surface area contributed by atoms with E-state index in [9.17, 15) is 4.79 Å². The highest BCUT2D eigenvalue weighted by Gasteiger charge is 1.97. The summed E-state index contributed by atoms with van der Waals surface area (Å²) in [6.07, 6.45) is 11.9. The fraction of sp³-hybridized carbons (Fsp3) is 0.846. The smallest absolute Gasteiger partial charge is 0.254 e. The highest BCUT2D eigenvalue weighted by molar-refractivity contribution is 7.78. The number of carbonyl (C=O) groups excluding carboxylic acids is 1. The van der Waals surface area contributed by atoms with Gasteiger partial charge >= 0.3 is 0 Å². The summed E-state index contributed by atoms with van der Waals surface area (Å²) in [7, 11) is 0. The second kappa shape index (κ2) is 12.5. The average molecular weight is 241 g/mol. The molecule has 0 rings (SSSR count). The van der Waals surface area contributed by atoms with E-state index < -0.39 is 0 Å². The largest absolute Gasteiger partial charge is 0.272 e. The van der Waals surface area contributed by atoms with Gasteiger partial charge in [-0.05, 0) is 18.6 Å². The Morgan fingerprint density at radius 3 is 2.00 bits per heavy atom. The predicted octanol–water partition coefficient (Wildman–Crippen LogP) is 4.54. The number of unbranched alkanes of at least 4 members (excludes halogenated alkanes) is 8. The van der Waals surface area contributed by atoms with E-state index in [2.05, 4.69) is 29.3 Å². The van der Waals surface area contributed by atoms with Crippen molar-refractivity contribution >= 4 is 23.3 Å². The molecule has 0 fully saturated rings. The van der Waals surface area contributed by atoms with Crippen molar-refractivity contribution in [1.82, 2.24) is 0 Å². The maximum absolute atomic E-state index is 11.0. The number of amides is 1. The summed E-state index contributed by atoms with van der Waals surface area (Å²) in [5, 5.41) is 2.11. The number of aliphatic imine (C=N–C) groups is 1. The Kier molecular flexibility index (Phi) is 12.1. The van der Waals surface area contributed by atoms with Gasteiger partial charge in [-0.15, -0.1) is 0 Å². The summed E-state index contributed by atoms with van der Waals surface area (Å²) in [6.45, 7) is 2.24. The highest BCUT2D eigenvalue weighted by Crippen LogP contribution is 2.10. The van der Waals surface area contributed by atoms with E-state index in [1.807, 2.05) is 0 Å². The van der Waals surface area contributed by atoms with Gasteiger partial charge in [0.15, 0.2) is 0 Å². The molecule has 0 aromatic rings. The monoisotopic (exact) mass is 241 g/mol. The normalized spacial score (nSPS) is 9.81. The Morgan fingerprint density at radius 1 is 1.00 bits per heavy atom. The van der Waals surface area contributed by atoms with Crippen LogP contribution in [0.5, 0.6) is 0 Å². The standard InChI is InChI=1S/C13H23NOS/c1-2-3-4-5-6-7-8-9-10-11-13(15)14-12-16/h2-11H2,1H3. The van der Waals surface area contributed by atoms with E-state index in [0.29, 0.717) is 6.42 Å². The number of isothiocyanates is 1. The van der Waals surface area contributed by atoms with Gasteiger partial charge in [0.2, 0.25) is 0 Å². The van der Waals surface area contributed by atoms with Gasteiger partial charge in [0.1, 0.15) is 0 Å². The van der Waals surface area contributed by atoms with Crippen molar-refractivity contribution in [3.05, 3.63) is 0 Å². The molecule has 0 aliphatic rings. The molecule has 2 nitrogen and oxygen atoms in total. The van der Waals surface area contributed by atoms with Crippen LogP contribution in [0.4, 0.5) is 0 Å². The first-order valence-electron chi connectivity index (χ1n) is 6.42. The van der Waals surface area contributed by atoms with Crippen molar-refractivity contribution in [2.45, 2.75) is 71.1 Å². The molecule has 0 radical (unpaired) electrons. The van der Waals surface area contributed by atoms with Crippen LogP contribution in [0.25, 0.3) is 0 Å². The predicted molar refractivity (Wildman–Crippen MR) is 71.9 cm³/mol. The van der Waals surface area contributed by atoms with E-state index in [4.69, 9.17) is 0 Å². The molecule has 16 heavy (non-hydrogen) atoms. The van der Waals surface area contributed by atoms with Crippen molar-refractivity contribution < 1.29 is 4.79 Å². The molecular formula is C13H23NOS. The molecular weight excluding hydrogens is 218 g/mol. The SMILES string of the molecule is CCCCCCCCCCCC(=O)N=C=S. The van der Waals surface area contributed by atoms with Crippen molar-refractivity contribution in [2.24, 2.45) is 4.99 Å². The Labute approximate surface area is 105 Å². The zero-order chi connectivity index (χ0) is 12.1. The quantitative estimate of drug-likeness (QED) is 0.319. The van der Waals surface area contributed by atoms with Gasteiger partial charge in [-0.3, -0.25) is 4.79 Å². The molecule has 0 saturated heterocycles. The molecule has 92 valence electrons. The third kappa shape index (κ3) is 11.5. The van der Waals surface area contributed by atoms with E-state index >= 15 is 0 Å². The number of rotatable bonds is 10. The first kappa shape index (κ1) is 15.5. The lowest BCUT2D eigenvalue weighted by atomic mass is 10.1. The molecule has 0 spiro atoms. The number of thiocarbonyl (C=S) groups is 1. The van der Waals surface area contributed by atoms with Crippen LogP contribution in [0.3, 0.4) is 0 Å². The summed E-state index contributed by atoms with van der Waals surface area (Å²) in [6, 6.07) is 0. The minimum atomic E-state index is -0.127. The van der Waals surface area contributed by atoms with E-state index in [1.54, 1.807) is 0 Å². The first-order chi connectivity index (χ1) is 7.81. The second-order valence-electron chi connectivity index (χ2n) is 4.18. The molecule has 1 amide bonds. The molecule has 0 aromatic carbocycles. The number of carbonyl (C=O) groups is 1. The van der Waals surface area contributed by atoms with Crippen LogP contribution in [0.2, 0.25) is 0 Å². The third-order valence-electron chi connectivity index (χ3n) is 2.66. The Bertz CT molecular complexity index is 222. The number of hydrogen-bond acceptors (Lipinski definition) is 2. The summed E-state index contributed by atoms with van der Waals surface area (Å²) in [4.78, 5) is 14.4. The zero-order valence-electron chi connectivity index (χ0n) is 10.3. The van der Waals surface area contributed by atoms with Crippen molar-refractivity contribution in [3.8, 4) is 0 Å². The highest BCUT2D eigenvalue weighted by atomic mass is 32.1. The molecule has 3 heteroatoms. The molecule has 0 aliphatic heterocycles. The lowest BCUT2D eigenvalue weighted by molar-refractivity contribution is -0.117. The summed E-state index contributed by atoms with van der Waals surface area (Å²) in [5.74, 6) is -0.127. The van der Waals surface area contributed by atoms with Crippen LogP contribution >= 0.6 is 12.2 Å². The Balaban J connectivity index is 3.09. The summed E-state index contributed by atoms with van der Waals surface area (Å²) < 4.78 is 0. The second-order valence-corrected chi connectivity index (χ2v) is 4.36. The van der Waals surface area contributed by atoms with Crippen molar-refractivity contribution in [2.75, 3.05) is 0 Å². The Hall–Kier alpha value is -0.530. The molecule has 0 unspecified atom stereocenters. The maximum atomic E-state index is 11.0. The third-order valence-corrected chi connectivity index (χ3v) is 2.76. The van der Waals surface area contributed by atoms with Gasteiger partial charge < -0.3 is 0 Å². The fourth-order valence-electron chi connectivity index (χ4n) is 1.69. The summed E-state index contributed by atoms with van der Waals surface area (Å²) >= 11 is 4.36. The molecule has 0 N–H and O–H groups in total. The van der Waals surface area contributed by atoms with E-state index in [-0.39, 0.29) is 5.91 Å². The lowest BCUT2D eigenvalue weighted by Crippen LogP contribution is -1.91. The topological polar surface area (TPSA) is 29.4 Å². The zero-order valence-corrected chi connectivity index (χ0v) is 11.2. The maximum Gasteiger partial charge on any atom is 0.254 e. The van der Waals surface area contributed by atoms with Gasteiger partial charge in [-0.25, -0.2) is 0 Å². The van der Waals surface area contributed by atoms with E-state index in [0.717, 1.165) is 12.8 Å². The van der Waals surface area contributed by atoms with Crippen LogP contribution in [0.1, 0.15) is 71.1 Å². The van der Waals surface area contributed by atoms with Crippen molar-refractivity contribution in [1.29, 1.82) is 0 Å². The minimum absolute atomic E-state index is 0.127. The van der Waals surface area contributed by atoms with Crippen LogP contribution < -0.4 is 0 Å². The van der Waals surface area contributed by atoms with Crippen LogP contribution in [-0.4, -0.2) is 11.1 Å². The molecule has 0 saturated carbocycles. The van der Waals surface area contributed by atoms with Gasteiger partial charge in [-0.2, -0.15) is 4.99 Å². The molecule has 0 atom stereocenters. The van der Waals surface area contributed by atoms with Crippen LogP contribution in [-0.2, 0) is 4.79 Å². The Morgan fingerprint density at radius 2 is 1.50 bits per heavy atom. The lowest BCUT2D eigenvalue weighted by Gasteiger charge is -2.00. The fourth-order valence-corrected chi connectivity index (χ4v) is 1.80. The molecule has 0 heterocycles. The van der Waals surface area contributed by atoms with Crippen LogP contribution in [0.15, 0.2) is 4.99 Å². The minimum Gasteiger partial charge on any atom is -0.272 e. The van der Waals surface area contributed by atoms with Crippen molar-refractivity contribution in [3.63, 3.8) is 0 Å². The van der Waals surface area contributed by atoms with Gasteiger partial charge in [0.25, 0.3) is 5.91 Å². The van der Waals surface area contributed by atoms with Gasteiger partial charge in [0, 0.05) is 6.42 Å². The molecule has 0 aliphatic carbocycles. The number of nitrogens with zero attached hydrogens (tertiary/aromatic N) is 1. The van der Waals surface area contributed by atoms with E-state index in [1.165, 1.54) is 44.9 Å². The average Bonchev–Trinajstić information content (AvgIpc) is 2.27. The van der Waals surface area contributed by atoms with Crippen LogP contribution in [0, 0.1) is 0 Å². The molecule has 0 aromatic heterocycles. The van der Waals surface area contributed by atoms with Gasteiger partial charge in [-0.1, -0.05) is 58.3 Å².